The van der Waals surface area contributed by atoms with Crippen LogP contribution in [0, 0.1) is 0 Å². The summed E-state index contributed by atoms with van der Waals surface area (Å²) in [5, 5.41) is 2.83. The lowest BCUT2D eigenvalue weighted by Gasteiger charge is -2.20. The lowest BCUT2D eigenvalue weighted by Crippen LogP contribution is -2.36. The van der Waals surface area contributed by atoms with E-state index in [9.17, 15) is 9.59 Å². The Morgan fingerprint density at radius 3 is 2.21 bits per heavy atom. The van der Waals surface area contributed by atoms with Crippen molar-refractivity contribution in [1.29, 1.82) is 0 Å². The zero-order valence-electron chi connectivity index (χ0n) is 14.1. The first-order chi connectivity index (χ1) is 11.7. The first kappa shape index (κ1) is 17.7. The van der Waals surface area contributed by atoms with E-state index in [-0.39, 0.29) is 18.2 Å². The van der Waals surface area contributed by atoms with E-state index in [1.807, 2.05) is 55.5 Å². The van der Waals surface area contributed by atoms with Gasteiger partial charge in [-0.05, 0) is 37.5 Å². The lowest BCUT2D eigenvalue weighted by molar-refractivity contribution is -0.127. The largest absolute Gasteiger partial charge is 0.356 e. The van der Waals surface area contributed by atoms with Gasteiger partial charge in [0.05, 0.1) is 0 Å². The van der Waals surface area contributed by atoms with Gasteiger partial charge in [-0.1, -0.05) is 48.5 Å². The van der Waals surface area contributed by atoms with Crippen molar-refractivity contribution in [3.05, 3.63) is 66.2 Å². The maximum absolute atomic E-state index is 12.3. The fraction of sp³-hybridized carbons (Fsp3) is 0.300. The van der Waals surface area contributed by atoms with Gasteiger partial charge in [0, 0.05) is 18.8 Å². The summed E-state index contributed by atoms with van der Waals surface area (Å²) in [7, 11) is 0. The summed E-state index contributed by atoms with van der Waals surface area (Å²) < 4.78 is 0. The molecule has 0 aliphatic rings. The number of carbonyl (C=O) groups excluding carboxylic acids is 2. The second-order valence-electron chi connectivity index (χ2n) is 5.59. The Balaban J connectivity index is 1.74. The van der Waals surface area contributed by atoms with E-state index in [0.29, 0.717) is 13.1 Å². The molecule has 4 nitrogen and oxygen atoms in total. The number of rotatable bonds is 8. The molecule has 0 heterocycles. The van der Waals surface area contributed by atoms with E-state index in [0.717, 1.165) is 18.5 Å². The zero-order chi connectivity index (χ0) is 17.2. The third kappa shape index (κ3) is 5.54. The molecule has 126 valence electrons. The van der Waals surface area contributed by atoms with Crippen molar-refractivity contribution in [2.45, 2.75) is 26.2 Å². The summed E-state index contributed by atoms with van der Waals surface area (Å²) in [6.07, 6.45) is 1.66. The molecule has 4 heteroatoms. The Hall–Kier alpha value is -2.62. The first-order valence-electron chi connectivity index (χ1n) is 8.36. The molecule has 2 aromatic carbocycles. The number of aryl methyl sites for hydroxylation is 1. The number of benzene rings is 2. The van der Waals surface area contributed by atoms with Crippen molar-refractivity contribution in [2.24, 2.45) is 0 Å². The smallest absolute Gasteiger partial charge is 0.236 e. The maximum atomic E-state index is 12.3. The number of carbonyl (C=O) groups is 2. The van der Waals surface area contributed by atoms with Gasteiger partial charge in [0.25, 0.3) is 0 Å². The molecular formula is C20H24N2O2. The number of hydrogen-bond donors (Lipinski definition) is 1. The van der Waals surface area contributed by atoms with Gasteiger partial charge in [0.2, 0.25) is 11.8 Å². The number of hydrogen-bond acceptors (Lipinski definition) is 2. The molecule has 24 heavy (non-hydrogen) atoms. The van der Waals surface area contributed by atoms with Crippen LogP contribution in [0.5, 0.6) is 0 Å². The highest BCUT2D eigenvalue weighted by Crippen LogP contribution is 2.13. The van der Waals surface area contributed by atoms with Gasteiger partial charge in [0.15, 0.2) is 0 Å². The molecule has 2 amide bonds. The molecule has 0 spiro atoms. The van der Waals surface area contributed by atoms with E-state index in [1.54, 1.807) is 4.90 Å². The molecule has 2 rings (SSSR count). The van der Waals surface area contributed by atoms with Crippen LogP contribution >= 0.6 is 0 Å². The Morgan fingerprint density at radius 1 is 0.958 bits per heavy atom. The summed E-state index contributed by atoms with van der Waals surface area (Å²) in [6.45, 7) is 3.03. The standard InChI is InChI=1S/C20H24N2O2/c1-2-22(18-13-7-4-8-14-18)20(24)16-19(23)21-15-9-12-17-10-5-3-6-11-17/h3-8,10-11,13-14H,2,9,12,15-16H2,1H3,(H,21,23). The second-order valence-corrected chi connectivity index (χ2v) is 5.59. The maximum Gasteiger partial charge on any atom is 0.236 e. The number of nitrogens with one attached hydrogen (secondary N) is 1. The van der Waals surface area contributed by atoms with E-state index >= 15 is 0 Å². The average Bonchev–Trinajstić information content (AvgIpc) is 2.61. The van der Waals surface area contributed by atoms with E-state index < -0.39 is 0 Å². The Kier molecular flexibility index (Phi) is 7.02. The van der Waals surface area contributed by atoms with Crippen molar-refractivity contribution >= 4 is 17.5 Å². The quantitative estimate of drug-likeness (QED) is 0.599. The number of amides is 2. The van der Waals surface area contributed by atoms with Crippen molar-refractivity contribution in [3.63, 3.8) is 0 Å². The molecule has 2 aromatic rings. The van der Waals surface area contributed by atoms with E-state index in [4.69, 9.17) is 0 Å². The summed E-state index contributed by atoms with van der Waals surface area (Å²) in [4.78, 5) is 25.9. The predicted octanol–water partition coefficient (Wildman–Crippen LogP) is 3.18. The molecule has 1 N–H and O–H groups in total. The van der Waals surface area contributed by atoms with E-state index in [2.05, 4.69) is 17.4 Å². The number of nitrogens with zero attached hydrogens (tertiary/aromatic N) is 1. The molecule has 0 unspecified atom stereocenters. The van der Waals surface area contributed by atoms with Crippen LogP contribution in [0.25, 0.3) is 0 Å². The monoisotopic (exact) mass is 324 g/mol. The third-order valence-electron chi connectivity index (χ3n) is 3.80. The first-order valence-corrected chi connectivity index (χ1v) is 8.36. The Labute approximate surface area is 143 Å². The van der Waals surface area contributed by atoms with Crippen molar-refractivity contribution in [1.82, 2.24) is 5.32 Å². The summed E-state index contributed by atoms with van der Waals surface area (Å²) in [5.41, 5.74) is 2.07. The predicted molar refractivity (Wildman–Crippen MR) is 96.9 cm³/mol. The van der Waals surface area contributed by atoms with Gasteiger partial charge in [-0.3, -0.25) is 9.59 Å². The molecule has 0 aliphatic carbocycles. The molecule has 0 aromatic heterocycles. The minimum Gasteiger partial charge on any atom is -0.356 e. The molecule has 0 aliphatic heterocycles. The summed E-state index contributed by atoms with van der Waals surface area (Å²) in [5.74, 6) is -0.397. The number of anilines is 1. The van der Waals surface area contributed by atoms with Crippen LogP contribution in [0.1, 0.15) is 25.3 Å². The second kappa shape index (κ2) is 9.50. The van der Waals surface area contributed by atoms with Gasteiger partial charge >= 0.3 is 0 Å². The molecule has 0 atom stereocenters. The van der Waals surface area contributed by atoms with Crippen LogP contribution in [0.15, 0.2) is 60.7 Å². The Bertz CT molecular complexity index is 641. The highest BCUT2D eigenvalue weighted by molar-refractivity contribution is 6.04. The summed E-state index contributed by atoms with van der Waals surface area (Å²) in [6, 6.07) is 19.6. The Morgan fingerprint density at radius 2 is 1.58 bits per heavy atom. The fourth-order valence-corrected chi connectivity index (χ4v) is 2.57. The molecule has 0 radical (unpaired) electrons. The molecule has 0 saturated carbocycles. The van der Waals surface area contributed by atoms with Gasteiger partial charge in [-0.25, -0.2) is 0 Å². The SMILES string of the molecule is CCN(C(=O)CC(=O)NCCCc1ccccc1)c1ccccc1. The van der Waals surface area contributed by atoms with Crippen LogP contribution in [0.3, 0.4) is 0 Å². The van der Waals surface area contributed by atoms with Gasteiger partial charge < -0.3 is 10.2 Å². The lowest BCUT2D eigenvalue weighted by atomic mass is 10.1. The zero-order valence-corrected chi connectivity index (χ0v) is 14.1. The topological polar surface area (TPSA) is 49.4 Å². The molecule has 0 saturated heterocycles. The van der Waals surface area contributed by atoms with Crippen molar-refractivity contribution in [2.75, 3.05) is 18.0 Å². The van der Waals surface area contributed by atoms with Crippen LogP contribution in [0.4, 0.5) is 5.69 Å². The normalized spacial score (nSPS) is 10.2. The third-order valence-corrected chi connectivity index (χ3v) is 3.80. The van der Waals surface area contributed by atoms with Gasteiger partial charge in [-0.15, -0.1) is 0 Å². The highest BCUT2D eigenvalue weighted by atomic mass is 16.2. The van der Waals surface area contributed by atoms with Crippen LogP contribution in [0.2, 0.25) is 0 Å². The molecular weight excluding hydrogens is 300 g/mol. The van der Waals surface area contributed by atoms with Gasteiger partial charge in [0.1, 0.15) is 6.42 Å². The van der Waals surface area contributed by atoms with Gasteiger partial charge in [-0.2, -0.15) is 0 Å². The van der Waals surface area contributed by atoms with Crippen LogP contribution in [-0.4, -0.2) is 24.9 Å². The minimum atomic E-state index is -0.220. The summed E-state index contributed by atoms with van der Waals surface area (Å²) >= 11 is 0. The van der Waals surface area contributed by atoms with Crippen LogP contribution in [-0.2, 0) is 16.0 Å². The molecule has 0 bridgehead atoms. The highest BCUT2D eigenvalue weighted by Gasteiger charge is 2.17. The number of para-hydroxylation sites is 1. The average molecular weight is 324 g/mol. The van der Waals surface area contributed by atoms with Crippen LogP contribution < -0.4 is 10.2 Å². The fourth-order valence-electron chi connectivity index (χ4n) is 2.57. The molecule has 0 fully saturated rings. The van der Waals surface area contributed by atoms with E-state index in [1.165, 1.54) is 5.56 Å². The van der Waals surface area contributed by atoms with Crippen molar-refractivity contribution < 1.29 is 9.59 Å². The minimum absolute atomic E-state index is 0.117. The van der Waals surface area contributed by atoms with Crippen molar-refractivity contribution in [3.8, 4) is 0 Å².